The van der Waals surface area contributed by atoms with Gasteiger partial charge in [-0.3, -0.25) is 0 Å². The molecule has 5 aromatic carbocycles. The van der Waals surface area contributed by atoms with E-state index < -0.39 is 0 Å². The van der Waals surface area contributed by atoms with Gasteiger partial charge >= 0.3 is 0 Å². The fraction of sp³-hybridized carbons (Fsp3) is 0.267. The van der Waals surface area contributed by atoms with E-state index in [9.17, 15) is 10.2 Å². The third kappa shape index (κ3) is 2.47. The minimum atomic E-state index is 0.301. The van der Waals surface area contributed by atoms with E-state index in [1.54, 1.807) is 0 Å². The Hall–Kier alpha value is -3.26. The monoisotopic (exact) mass is 422 g/mol. The molecule has 0 saturated heterocycles. The molecule has 32 heavy (non-hydrogen) atoms. The van der Waals surface area contributed by atoms with E-state index in [-0.39, 0.29) is 0 Å². The van der Waals surface area contributed by atoms with Crippen molar-refractivity contribution < 1.29 is 10.2 Å². The van der Waals surface area contributed by atoms with E-state index in [0.29, 0.717) is 11.5 Å². The van der Waals surface area contributed by atoms with Crippen LogP contribution in [0.3, 0.4) is 0 Å². The van der Waals surface area contributed by atoms with Gasteiger partial charge in [0.25, 0.3) is 0 Å². The Labute approximate surface area is 189 Å². The lowest BCUT2D eigenvalue weighted by molar-refractivity contribution is 0.486. The molecule has 0 heterocycles. The summed E-state index contributed by atoms with van der Waals surface area (Å²) in [4.78, 5) is 0. The van der Waals surface area contributed by atoms with Gasteiger partial charge in [-0.1, -0.05) is 0 Å². The molecule has 0 atom stereocenters. The van der Waals surface area contributed by atoms with Crippen molar-refractivity contribution in [1.82, 2.24) is 0 Å². The Morgan fingerprint density at radius 1 is 0.375 bits per heavy atom. The van der Waals surface area contributed by atoms with Crippen LogP contribution in [0.2, 0.25) is 0 Å². The summed E-state index contributed by atoms with van der Waals surface area (Å²) >= 11 is 0. The van der Waals surface area contributed by atoms with Crippen LogP contribution < -0.4 is 0 Å². The van der Waals surface area contributed by atoms with Crippen molar-refractivity contribution in [2.45, 2.75) is 55.4 Å². The van der Waals surface area contributed by atoms with Gasteiger partial charge in [-0.15, -0.1) is 0 Å². The number of hydrogen-bond donors (Lipinski definition) is 2. The number of phenolic OH excluding ortho intramolecular Hbond substituents is 2. The van der Waals surface area contributed by atoms with E-state index in [1.807, 2.05) is 6.07 Å². The maximum atomic E-state index is 11.4. The van der Waals surface area contributed by atoms with Gasteiger partial charge in [-0.25, -0.2) is 0 Å². The zero-order valence-corrected chi connectivity index (χ0v) is 20.2. The maximum Gasteiger partial charge on any atom is 0.131 e. The van der Waals surface area contributed by atoms with Crippen molar-refractivity contribution in [3.8, 4) is 11.5 Å². The Kier molecular flexibility index (Phi) is 4.27. The van der Waals surface area contributed by atoms with Crippen molar-refractivity contribution in [2.24, 2.45) is 0 Å². The SMILES string of the molecule is Cc1c(C)c(C)c2c(O)c3cc4c(O)c5c(C)c(C)c(C)c(C)c5cc4cc3cc2c1C. The Balaban J connectivity index is 2.02. The van der Waals surface area contributed by atoms with Gasteiger partial charge in [-0.05, 0) is 146 Å². The zero-order valence-electron chi connectivity index (χ0n) is 20.2. The summed E-state index contributed by atoms with van der Waals surface area (Å²) in [6.07, 6.45) is 0. The van der Waals surface area contributed by atoms with Gasteiger partial charge in [0.1, 0.15) is 11.5 Å². The molecule has 0 aliphatic heterocycles. The minimum absolute atomic E-state index is 0.301. The van der Waals surface area contributed by atoms with E-state index >= 15 is 0 Å². The van der Waals surface area contributed by atoms with Crippen LogP contribution in [0.25, 0.3) is 43.1 Å². The Bertz CT molecular complexity index is 1530. The summed E-state index contributed by atoms with van der Waals surface area (Å²) in [5.74, 6) is 0.603. The van der Waals surface area contributed by atoms with Crippen molar-refractivity contribution >= 4 is 43.1 Å². The van der Waals surface area contributed by atoms with Gasteiger partial charge < -0.3 is 10.2 Å². The molecule has 2 N–H and O–H groups in total. The second-order valence-corrected chi connectivity index (χ2v) is 9.59. The quantitative estimate of drug-likeness (QED) is 0.247. The normalized spacial score (nSPS) is 12.0. The molecule has 0 amide bonds. The molecule has 0 unspecified atom stereocenters. The van der Waals surface area contributed by atoms with Crippen LogP contribution in [-0.2, 0) is 0 Å². The second kappa shape index (κ2) is 6.62. The molecule has 0 bridgehead atoms. The van der Waals surface area contributed by atoms with Crippen LogP contribution >= 0.6 is 0 Å². The first kappa shape index (κ1) is 20.6. The second-order valence-electron chi connectivity index (χ2n) is 9.59. The fourth-order valence-electron chi connectivity index (χ4n) is 5.52. The highest BCUT2D eigenvalue weighted by molar-refractivity contribution is 6.16. The molecule has 162 valence electrons. The lowest BCUT2D eigenvalue weighted by Crippen LogP contribution is -1.96. The molecule has 0 saturated carbocycles. The van der Waals surface area contributed by atoms with Crippen LogP contribution in [-0.4, -0.2) is 10.2 Å². The zero-order chi connectivity index (χ0) is 23.2. The molecular formula is C30H30O2. The van der Waals surface area contributed by atoms with Crippen LogP contribution in [0, 0.1) is 55.4 Å². The number of aryl methyl sites for hydroxylation is 4. The molecule has 0 radical (unpaired) electrons. The fourth-order valence-corrected chi connectivity index (χ4v) is 5.52. The minimum Gasteiger partial charge on any atom is -0.507 e. The summed E-state index contributed by atoms with van der Waals surface area (Å²) in [5.41, 5.74) is 9.63. The smallest absolute Gasteiger partial charge is 0.131 e. The highest BCUT2D eigenvalue weighted by atomic mass is 16.3. The molecule has 5 rings (SSSR count). The van der Waals surface area contributed by atoms with E-state index in [2.05, 4.69) is 73.6 Å². The summed E-state index contributed by atoms with van der Waals surface area (Å²) < 4.78 is 0. The number of fused-ring (bicyclic) bond motifs is 4. The predicted molar refractivity (Wildman–Crippen MR) is 138 cm³/mol. The number of hydrogen-bond acceptors (Lipinski definition) is 2. The van der Waals surface area contributed by atoms with E-state index in [0.717, 1.165) is 54.2 Å². The first-order valence-electron chi connectivity index (χ1n) is 11.3. The molecule has 2 heteroatoms. The third-order valence-electron chi connectivity index (χ3n) is 8.28. The lowest BCUT2D eigenvalue weighted by atomic mass is 9.87. The average Bonchev–Trinajstić information content (AvgIpc) is 2.77. The Morgan fingerprint density at radius 3 is 1.09 bits per heavy atom. The van der Waals surface area contributed by atoms with Crippen molar-refractivity contribution in [3.05, 3.63) is 68.8 Å². The molecule has 0 fully saturated rings. The molecule has 0 spiro atoms. The largest absolute Gasteiger partial charge is 0.507 e. The van der Waals surface area contributed by atoms with Crippen LogP contribution in [0.5, 0.6) is 11.5 Å². The van der Waals surface area contributed by atoms with Gasteiger partial charge in [0.2, 0.25) is 0 Å². The number of benzene rings is 5. The van der Waals surface area contributed by atoms with E-state index in [4.69, 9.17) is 0 Å². The molecule has 2 nitrogen and oxygen atoms in total. The molecular weight excluding hydrogens is 392 g/mol. The number of aromatic hydroxyl groups is 2. The van der Waals surface area contributed by atoms with Crippen LogP contribution in [0.1, 0.15) is 44.5 Å². The van der Waals surface area contributed by atoms with Crippen LogP contribution in [0.4, 0.5) is 0 Å². The standard InChI is InChI=1S/C30H30O2/c1-13-15(3)19(7)27-23(17(13)5)10-21-9-22-11-24-18(6)14(2)16(4)20(8)28(24)30(32)26(22)12-25(21)29(27)31/h9-12,31-32H,1-8H3. The van der Waals surface area contributed by atoms with Crippen molar-refractivity contribution in [3.63, 3.8) is 0 Å². The highest BCUT2D eigenvalue weighted by Crippen LogP contribution is 2.45. The van der Waals surface area contributed by atoms with Gasteiger partial charge in [0.05, 0.1) is 0 Å². The van der Waals surface area contributed by atoms with Gasteiger partial charge in [0.15, 0.2) is 0 Å². The molecule has 0 aliphatic carbocycles. The number of rotatable bonds is 0. The van der Waals surface area contributed by atoms with Gasteiger partial charge in [-0.2, -0.15) is 0 Å². The predicted octanol–water partition coefficient (Wildman–Crippen LogP) is 8.18. The maximum absolute atomic E-state index is 11.4. The van der Waals surface area contributed by atoms with Crippen LogP contribution in [0.15, 0.2) is 24.3 Å². The average molecular weight is 423 g/mol. The summed E-state index contributed by atoms with van der Waals surface area (Å²) in [5, 5.41) is 30.3. The third-order valence-corrected chi connectivity index (χ3v) is 8.28. The molecule has 0 aliphatic rings. The summed E-state index contributed by atoms with van der Waals surface area (Å²) in [6.45, 7) is 17.0. The Morgan fingerprint density at radius 2 is 0.719 bits per heavy atom. The molecule has 5 aromatic rings. The number of phenols is 2. The first-order valence-corrected chi connectivity index (χ1v) is 11.3. The molecule has 0 aromatic heterocycles. The highest BCUT2D eigenvalue weighted by Gasteiger charge is 2.19. The van der Waals surface area contributed by atoms with E-state index in [1.165, 1.54) is 33.4 Å². The van der Waals surface area contributed by atoms with Crippen molar-refractivity contribution in [1.29, 1.82) is 0 Å². The lowest BCUT2D eigenvalue weighted by Gasteiger charge is -2.19. The first-order chi connectivity index (χ1) is 15.0. The summed E-state index contributed by atoms with van der Waals surface area (Å²) in [7, 11) is 0. The summed E-state index contributed by atoms with van der Waals surface area (Å²) in [6, 6.07) is 8.45. The van der Waals surface area contributed by atoms with Crippen molar-refractivity contribution in [2.75, 3.05) is 0 Å². The van der Waals surface area contributed by atoms with Gasteiger partial charge in [0, 0.05) is 21.5 Å². The topological polar surface area (TPSA) is 40.5 Å².